The van der Waals surface area contributed by atoms with E-state index in [1.54, 1.807) is 36.4 Å². The lowest BCUT2D eigenvalue weighted by Gasteiger charge is -2.33. The van der Waals surface area contributed by atoms with E-state index in [1.165, 1.54) is 20.4 Å². The number of alkyl halides is 3. The Balaban J connectivity index is 0.00000336. The lowest BCUT2D eigenvalue weighted by molar-refractivity contribution is -0.173. The Kier molecular flexibility index (Phi) is 8.02. The Labute approximate surface area is 223 Å². The second-order valence-corrected chi connectivity index (χ2v) is 9.06. The monoisotopic (exact) mass is 552 g/mol. The van der Waals surface area contributed by atoms with Crippen LogP contribution < -0.4 is 25.4 Å². The Hall–Kier alpha value is -3.51. The molecule has 1 fully saturated rings. The van der Waals surface area contributed by atoms with Crippen molar-refractivity contribution in [2.24, 2.45) is 0 Å². The number of anilines is 1. The van der Waals surface area contributed by atoms with Gasteiger partial charge in [-0.25, -0.2) is 4.68 Å². The van der Waals surface area contributed by atoms with Crippen LogP contribution in [0.3, 0.4) is 0 Å². The molecular weight excluding hydrogens is 525 g/mol. The fourth-order valence-electron chi connectivity index (χ4n) is 4.72. The number of nitrogens with one attached hydrogen (secondary N) is 3. The number of nitrogens with zero attached hydrogens (tertiary/aromatic N) is 3. The molecule has 204 valence electrons. The van der Waals surface area contributed by atoms with Crippen LogP contribution in [0.2, 0.25) is 0 Å². The zero-order chi connectivity index (χ0) is 26.2. The standard InChI is InChI=1S/C25H27F3N6O3.ClH/c1-36-20-6-4-14(9-21(20)37-2)18-10-22(25(26,27)28)34-23(32-18)11-19(33-34)15-3-5-17(30-12-15)24(35)31-16-7-8-29-13-16;/h3-6,9,11-12,16,18,22,29,32H,7-8,10,13H2,1-2H3,(H,31,35);1H. The van der Waals surface area contributed by atoms with Gasteiger partial charge in [-0.3, -0.25) is 9.78 Å². The van der Waals surface area contributed by atoms with Crippen molar-refractivity contribution in [3.63, 3.8) is 0 Å². The molecule has 13 heteroatoms. The predicted molar refractivity (Wildman–Crippen MR) is 137 cm³/mol. The van der Waals surface area contributed by atoms with E-state index >= 15 is 0 Å². The number of benzene rings is 1. The molecule has 2 aliphatic rings. The van der Waals surface area contributed by atoms with E-state index in [9.17, 15) is 18.0 Å². The molecule has 0 bridgehead atoms. The second-order valence-electron chi connectivity index (χ2n) is 9.06. The molecule has 2 aliphatic heterocycles. The first-order chi connectivity index (χ1) is 17.8. The van der Waals surface area contributed by atoms with E-state index < -0.39 is 18.3 Å². The molecule has 0 radical (unpaired) electrons. The van der Waals surface area contributed by atoms with Gasteiger partial charge in [-0.1, -0.05) is 6.07 Å². The van der Waals surface area contributed by atoms with Gasteiger partial charge in [-0.15, -0.1) is 12.4 Å². The Morgan fingerprint density at radius 2 is 1.92 bits per heavy atom. The Morgan fingerprint density at radius 1 is 1.13 bits per heavy atom. The quantitative estimate of drug-likeness (QED) is 0.422. The summed E-state index contributed by atoms with van der Waals surface area (Å²) in [4.78, 5) is 16.7. The number of carbonyl (C=O) groups is 1. The number of rotatable bonds is 6. The van der Waals surface area contributed by atoms with Crippen molar-refractivity contribution >= 4 is 24.1 Å². The fraction of sp³-hybridized carbons (Fsp3) is 0.400. The molecule has 3 atom stereocenters. The number of carbonyl (C=O) groups excluding carboxylic acids is 1. The molecular formula is C25H28ClF3N6O3. The summed E-state index contributed by atoms with van der Waals surface area (Å²) in [6.07, 6.45) is -2.46. The summed E-state index contributed by atoms with van der Waals surface area (Å²) in [5, 5.41) is 13.5. The van der Waals surface area contributed by atoms with Gasteiger partial charge >= 0.3 is 6.18 Å². The predicted octanol–water partition coefficient (Wildman–Crippen LogP) is 4.14. The third-order valence-corrected chi connectivity index (χ3v) is 6.69. The van der Waals surface area contributed by atoms with E-state index in [4.69, 9.17) is 9.47 Å². The van der Waals surface area contributed by atoms with E-state index in [0.717, 1.165) is 17.6 Å². The van der Waals surface area contributed by atoms with Gasteiger partial charge in [-0.2, -0.15) is 18.3 Å². The summed E-state index contributed by atoms with van der Waals surface area (Å²) >= 11 is 0. The summed E-state index contributed by atoms with van der Waals surface area (Å²) in [6.45, 7) is 1.56. The van der Waals surface area contributed by atoms with Crippen LogP contribution in [0.4, 0.5) is 19.0 Å². The van der Waals surface area contributed by atoms with Crippen molar-refractivity contribution in [3.05, 3.63) is 53.9 Å². The van der Waals surface area contributed by atoms with Crippen LogP contribution in [0.25, 0.3) is 11.3 Å². The number of halogens is 4. The molecule has 4 heterocycles. The summed E-state index contributed by atoms with van der Waals surface area (Å²) in [5.41, 5.74) is 1.70. The molecule has 1 aromatic carbocycles. The lowest BCUT2D eigenvalue weighted by Crippen LogP contribution is -2.36. The zero-order valence-electron chi connectivity index (χ0n) is 20.7. The van der Waals surface area contributed by atoms with E-state index in [1.807, 2.05) is 0 Å². The number of methoxy groups -OCH3 is 2. The first-order valence-corrected chi connectivity index (χ1v) is 11.9. The number of amides is 1. The van der Waals surface area contributed by atoms with Crippen LogP contribution >= 0.6 is 12.4 Å². The molecule has 1 amide bonds. The molecule has 0 aliphatic carbocycles. The summed E-state index contributed by atoms with van der Waals surface area (Å²) in [6, 6.07) is 7.41. The first-order valence-electron chi connectivity index (χ1n) is 11.9. The molecule has 38 heavy (non-hydrogen) atoms. The lowest BCUT2D eigenvalue weighted by atomic mass is 9.96. The van der Waals surface area contributed by atoms with Crippen LogP contribution in [0.5, 0.6) is 11.5 Å². The molecule has 3 N–H and O–H groups in total. The van der Waals surface area contributed by atoms with Crippen molar-refractivity contribution in [1.82, 2.24) is 25.4 Å². The third kappa shape index (κ3) is 5.51. The minimum absolute atomic E-state index is 0. The molecule has 3 aromatic rings. The van der Waals surface area contributed by atoms with Crippen LogP contribution in [-0.2, 0) is 0 Å². The van der Waals surface area contributed by atoms with E-state index in [-0.39, 0.29) is 42.3 Å². The molecule has 9 nitrogen and oxygen atoms in total. The van der Waals surface area contributed by atoms with Crippen molar-refractivity contribution in [2.75, 3.05) is 32.6 Å². The van der Waals surface area contributed by atoms with Gasteiger partial charge < -0.3 is 25.4 Å². The van der Waals surface area contributed by atoms with Crippen LogP contribution in [0.1, 0.15) is 41.0 Å². The topological polar surface area (TPSA) is 102 Å². The maximum absolute atomic E-state index is 14.1. The number of aromatic nitrogens is 3. The highest BCUT2D eigenvalue weighted by molar-refractivity contribution is 5.92. The largest absolute Gasteiger partial charge is 0.493 e. The number of pyridine rings is 1. The minimum atomic E-state index is -4.51. The van der Waals surface area contributed by atoms with Crippen LogP contribution in [0, 0.1) is 0 Å². The average molecular weight is 553 g/mol. The summed E-state index contributed by atoms with van der Waals surface area (Å²) in [5.74, 6) is 0.871. The third-order valence-electron chi connectivity index (χ3n) is 6.69. The van der Waals surface area contributed by atoms with Gasteiger partial charge in [0, 0.05) is 36.8 Å². The molecule has 5 rings (SSSR count). The second kappa shape index (κ2) is 11.1. The molecule has 1 saturated heterocycles. The summed E-state index contributed by atoms with van der Waals surface area (Å²) in [7, 11) is 2.97. The zero-order valence-corrected chi connectivity index (χ0v) is 21.5. The maximum Gasteiger partial charge on any atom is 0.410 e. The van der Waals surface area contributed by atoms with Crippen LogP contribution in [-0.4, -0.2) is 60.2 Å². The highest BCUT2D eigenvalue weighted by Gasteiger charge is 2.46. The van der Waals surface area contributed by atoms with Crippen LogP contribution in [0.15, 0.2) is 42.6 Å². The number of hydrogen-bond donors (Lipinski definition) is 3. The normalized spacial score (nSPS) is 20.6. The van der Waals surface area contributed by atoms with Crippen molar-refractivity contribution < 1.29 is 27.4 Å². The van der Waals surface area contributed by atoms with Crippen molar-refractivity contribution in [3.8, 4) is 22.8 Å². The van der Waals surface area contributed by atoms with Gasteiger partial charge in [0.2, 0.25) is 0 Å². The van der Waals surface area contributed by atoms with Gasteiger partial charge in [0.15, 0.2) is 17.5 Å². The molecule has 0 saturated carbocycles. The molecule has 2 aromatic heterocycles. The van der Waals surface area contributed by atoms with E-state index in [0.29, 0.717) is 34.9 Å². The number of fused-ring (bicyclic) bond motifs is 1. The number of ether oxygens (including phenoxy) is 2. The van der Waals surface area contributed by atoms with E-state index in [2.05, 4.69) is 26.0 Å². The van der Waals surface area contributed by atoms with Gasteiger partial charge in [0.1, 0.15) is 11.5 Å². The highest BCUT2D eigenvalue weighted by Crippen LogP contribution is 2.45. The van der Waals surface area contributed by atoms with Crippen molar-refractivity contribution in [1.29, 1.82) is 0 Å². The fourth-order valence-corrected chi connectivity index (χ4v) is 4.72. The van der Waals surface area contributed by atoms with Gasteiger partial charge in [0.05, 0.1) is 26.0 Å². The smallest absolute Gasteiger partial charge is 0.410 e. The average Bonchev–Trinajstić information content (AvgIpc) is 3.57. The maximum atomic E-state index is 14.1. The Bertz CT molecular complexity index is 1280. The molecule has 0 spiro atoms. The SMILES string of the molecule is COc1ccc(C2CC(C(F)(F)F)n3nc(-c4ccc(C(=O)NC5CCNC5)nc4)cc3N2)cc1OC.Cl. The summed E-state index contributed by atoms with van der Waals surface area (Å²) < 4.78 is 53.8. The highest BCUT2D eigenvalue weighted by atomic mass is 35.5. The Morgan fingerprint density at radius 3 is 2.55 bits per heavy atom. The number of hydrogen-bond acceptors (Lipinski definition) is 7. The first kappa shape index (κ1) is 27.5. The van der Waals surface area contributed by atoms with Crippen molar-refractivity contribution in [2.45, 2.75) is 37.1 Å². The van der Waals surface area contributed by atoms with Gasteiger partial charge in [-0.05, 0) is 42.8 Å². The van der Waals surface area contributed by atoms with Gasteiger partial charge in [0.25, 0.3) is 5.91 Å². The molecule has 3 unspecified atom stereocenters. The minimum Gasteiger partial charge on any atom is -0.493 e.